The first kappa shape index (κ1) is 17.1. The fraction of sp³-hybridized carbons (Fsp3) is 0.474. The van der Waals surface area contributed by atoms with Gasteiger partial charge in [-0.2, -0.15) is 0 Å². The van der Waals surface area contributed by atoms with Gasteiger partial charge in [-0.1, -0.05) is 36.8 Å². The predicted molar refractivity (Wildman–Crippen MR) is 99.5 cm³/mol. The molecular formula is C19H25N3OS. The van der Waals surface area contributed by atoms with Gasteiger partial charge in [0.25, 0.3) is 0 Å². The Morgan fingerprint density at radius 1 is 1.33 bits per heavy atom. The van der Waals surface area contributed by atoms with Crippen LogP contribution in [0.25, 0.3) is 0 Å². The van der Waals surface area contributed by atoms with Crippen LogP contribution >= 0.6 is 11.3 Å². The first-order chi connectivity index (χ1) is 11.6. The molecule has 24 heavy (non-hydrogen) atoms. The molecule has 0 radical (unpaired) electrons. The molecule has 0 atom stereocenters. The van der Waals surface area contributed by atoms with Crippen molar-refractivity contribution < 1.29 is 4.79 Å². The van der Waals surface area contributed by atoms with Crippen LogP contribution in [0.5, 0.6) is 0 Å². The summed E-state index contributed by atoms with van der Waals surface area (Å²) in [6.07, 6.45) is 3.33. The Labute approximate surface area is 147 Å². The molecule has 1 aliphatic rings. The number of rotatable bonds is 6. The molecule has 0 aliphatic carbocycles. The van der Waals surface area contributed by atoms with E-state index in [1.807, 2.05) is 0 Å². The zero-order valence-electron chi connectivity index (χ0n) is 14.5. The maximum atomic E-state index is 12.1. The zero-order valence-corrected chi connectivity index (χ0v) is 15.3. The summed E-state index contributed by atoms with van der Waals surface area (Å²) >= 11 is 1.63. The van der Waals surface area contributed by atoms with Crippen LogP contribution in [-0.2, 0) is 24.2 Å². The highest BCUT2D eigenvalue weighted by Gasteiger charge is 2.20. The van der Waals surface area contributed by atoms with Crippen LogP contribution in [0.4, 0.5) is 5.13 Å². The topological polar surface area (TPSA) is 45.2 Å². The van der Waals surface area contributed by atoms with Gasteiger partial charge in [0.15, 0.2) is 5.13 Å². The van der Waals surface area contributed by atoms with Gasteiger partial charge in [0.05, 0.1) is 5.69 Å². The zero-order chi connectivity index (χ0) is 16.9. The minimum atomic E-state index is 0.0700. The van der Waals surface area contributed by atoms with E-state index in [0.29, 0.717) is 6.42 Å². The van der Waals surface area contributed by atoms with Crippen molar-refractivity contribution in [1.82, 2.24) is 9.88 Å². The van der Waals surface area contributed by atoms with Gasteiger partial charge in [-0.25, -0.2) is 4.98 Å². The van der Waals surface area contributed by atoms with E-state index in [-0.39, 0.29) is 5.91 Å². The summed E-state index contributed by atoms with van der Waals surface area (Å²) in [7, 11) is 0. The van der Waals surface area contributed by atoms with Gasteiger partial charge in [0, 0.05) is 30.8 Å². The van der Waals surface area contributed by atoms with Crippen LogP contribution in [0.2, 0.25) is 0 Å². The third kappa shape index (κ3) is 4.42. The Bertz CT molecular complexity index is 693. The van der Waals surface area contributed by atoms with E-state index in [1.165, 1.54) is 21.7 Å². The molecule has 1 aliphatic heterocycles. The summed E-state index contributed by atoms with van der Waals surface area (Å²) in [5, 5.41) is 3.74. The Kier molecular flexibility index (Phi) is 5.63. The van der Waals surface area contributed by atoms with E-state index in [0.717, 1.165) is 44.0 Å². The van der Waals surface area contributed by atoms with E-state index >= 15 is 0 Å². The van der Waals surface area contributed by atoms with E-state index in [9.17, 15) is 4.79 Å². The molecule has 1 aromatic heterocycles. The summed E-state index contributed by atoms with van der Waals surface area (Å²) in [5.41, 5.74) is 3.73. The Morgan fingerprint density at radius 2 is 2.12 bits per heavy atom. The van der Waals surface area contributed by atoms with Crippen molar-refractivity contribution in [3.05, 3.63) is 46.0 Å². The summed E-state index contributed by atoms with van der Waals surface area (Å²) in [6, 6.07) is 8.52. The third-order valence-corrected chi connectivity index (χ3v) is 5.49. The number of aryl methyl sites for hydroxylation is 2. The number of likely N-dealkylation sites (N-methyl/N-ethyl adjacent to an activating group) is 1. The second kappa shape index (κ2) is 7.90. The molecule has 3 rings (SSSR count). The lowest BCUT2D eigenvalue weighted by Crippen LogP contribution is -2.29. The fourth-order valence-electron chi connectivity index (χ4n) is 2.96. The number of hydrogen-bond acceptors (Lipinski definition) is 4. The van der Waals surface area contributed by atoms with Crippen LogP contribution in [0.3, 0.4) is 0 Å². The molecule has 1 N–H and O–H groups in total. The molecule has 1 amide bonds. The quantitative estimate of drug-likeness (QED) is 0.868. The predicted octanol–water partition coefficient (Wildman–Crippen LogP) is 3.79. The van der Waals surface area contributed by atoms with Gasteiger partial charge in [-0.15, -0.1) is 11.3 Å². The number of carbonyl (C=O) groups is 1. The highest BCUT2D eigenvalue weighted by Crippen LogP contribution is 2.28. The number of nitrogens with one attached hydrogen (secondary N) is 1. The van der Waals surface area contributed by atoms with Gasteiger partial charge in [0.2, 0.25) is 5.91 Å². The first-order valence-corrected chi connectivity index (χ1v) is 9.52. The average Bonchev–Trinajstić information content (AvgIpc) is 2.97. The molecule has 5 heteroatoms. The highest BCUT2D eigenvalue weighted by molar-refractivity contribution is 7.15. The lowest BCUT2D eigenvalue weighted by atomic mass is 10.1. The fourth-order valence-corrected chi connectivity index (χ4v) is 4.03. The Hall–Kier alpha value is -1.72. The smallest absolute Gasteiger partial charge is 0.226 e. The molecule has 0 saturated heterocycles. The molecule has 0 spiro atoms. The maximum absolute atomic E-state index is 12.1. The van der Waals surface area contributed by atoms with Gasteiger partial charge in [-0.05, 0) is 31.9 Å². The number of hydrogen-bond donors (Lipinski definition) is 1. The van der Waals surface area contributed by atoms with Gasteiger partial charge >= 0.3 is 0 Å². The second-order valence-electron chi connectivity index (χ2n) is 6.39. The molecular weight excluding hydrogens is 318 g/mol. The number of anilines is 1. The van der Waals surface area contributed by atoms with Crippen molar-refractivity contribution in [3.63, 3.8) is 0 Å². The van der Waals surface area contributed by atoms with Crippen molar-refractivity contribution in [3.8, 4) is 0 Å². The minimum Gasteiger partial charge on any atom is -0.302 e. The van der Waals surface area contributed by atoms with E-state index in [1.54, 1.807) is 11.3 Å². The largest absolute Gasteiger partial charge is 0.302 e. The molecule has 0 unspecified atom stereocenters. The summed E-state index contributed by atoms with van der Waals surface area (Å²) in [6.45, 7) is 7.37. The van der Waals surface area contributed by atoms with E-state index in [2.05, 4.69) is 53.3 Å². The first-order valence-electron chi connectivity index (χ1n) is 8.70. The van der Waals surface area contributed by atoms with Crippen molar-refractivity contribution in [2.45, 2.75) is 46.1 Å². The molecule has 1 aromatic carbocycles. The normalized spacial score (nSPS) is 14.4. The van der Waals surface area contributed by atoms with Crippen molar-refractivity contribution >= 4 is 22.4 Å². The summed E-state index contributed by atoms with van der Waals surface area (Å²) in [5.74, 6) is 0.0700. The summed E-state index contributed by atoms with van der Waals surface area (Å²) < 4.78 is 0. The van der Waals surface area contributed by atoms with Crippen LogP contribution in [0.15, 0.2) is 24.3 Å². The van der Waals surface area contributed by atoms with Gasteiger partial charge in [-0.3, -0.25) is 9.69 Å². The van der Waals surface area contributed by atoms with Crippen molar-refractivity contribution in [2.24, 2.45) is 0 Å². The standard InChI is InChI=1S/C19H25N3OS/c1-3-22-12-11-16-17(13-22)24-19(20-16)21-18(23)6-4-5-15-9-7-14(2)8-10-15/h7-10H,3-6,11-13H2,1-2H3,(H,20,21,23). The van der Waals surface area contributed by atoms with Crippen LogP contribution in [0.1, 0.15) is 41.5 Å². The monoisotopic (exact) mass is 343 g/mol. The molecule has 0 saturated carbocycles. The average molecular weight is 343 g/mol. The Morgan fingerprint density at radius 3 is 2.88 bits per heavy atom. The lowest BCUT2D eigenvalue weighted by Gasteiger charge is -2.23. The molecule has 128 valence electrons. The van der Waals surface area contributed by atoms with E-state index in [4.69, 9.17) is 0 Å². The number of aromatic nitrogens is 1. The third-order valence-electron chi connectivity index (χ3n) is 4.49. The minimum absolute atomic E-state index is 0.0700. The SMILES string of the molecule is CCN1CCc2nc(NC(=O)CCCc3ccc(C)cc3)sc2C1. The number of thiazole rings is 1. The van der Waals surface area contributed by atoms with E-state index < -0.39 is 0 Å². The second-order valence-corrected chi connectivity index (χ2v) is 7.48. The lowest BCUT2D eigenvalue weighted by molar-refractivity contribution is -0.116. The molecule has 0 bridgehead atoms. The number of nitrogens with zero attached hydrogens (tertiary/aromatic N) is 2. The molecule has 4 nitrogen and oxygen atoms in total. The van der Waals surface area contributed by atoms with Gasteiger partial charge < -0.3 is 5.32 Å². The number of benzene rings is 1. The van der Waals surface area contributed by atoms with Gasteiger partial charge in [0.1, 0.15) is 0 Å². The maximum Gasteiger partial charge on any atom is 0.226 e. The number of fused-ring (bicyclic) bond motifs is 1. The van der Waals surface area contributed by atoms with Crippen molar-refractivity contribution in [1.29, 1.82) is 0 Å². The highest BCUT2D eigenvalue weighted by atomic mass is 32.1. The molecule has 2 heterocycles. The Balaban J connectivity index is 1.47. The van der Waals surface area contributed by atoms with Crippen LogP contribution in [-0.4, -0.2) is 28.9 Å². The summed E-state index contributed by atoms with van der Waals surface area (Å²) in [4.78, 5) is 20.4. The molecule has 2 aromatic rings. The van der Waals surface area contributed by atoms with Crippen LogP contribution < -0.4 is 5.32 Å². The number of carbonyl (C=O) groups excluding carboxylic acids is 1. The van der Waals surface area contributed by atoms with Crippen LogP contribution in [0, 0.1) is 6.92 Å². The number of amides is 1. The molecule has 0 fully saturated rings. The van der Waals surface area contributed by atoms with Crippen molar-refractivity contribution in [2.75, 3.05) is 18.4 Å².